The zero-order chi connectivity index (χ0) is 20.2. The number of carbonyl (C=O) groups excluding carboxylic acids is 1. The number of fused-ring (bicyclic) bond motifs is 3. The number of aromatic nitrogens is 1. The van der Waals surface area contributed by atoms with E-state index in [1.54, 1.807) is 11.2 Å². The molecule has 0 bridgehead atoms. The molecule has 1 amide bonds. The fourth-order valence-electron chi connectivity index (χ4n) is 3.41. The number of furan rings is 1. The molecule has 4 rings (SSSR count). The summed E-state index contributed by atoms with van der Waals surface area (Å²) in [6.07, 6.45) is 2.32. The molecule has 0 unspecified atom stereocenters. The summed E-state index contributed by atoms with van der Waals surface area (Å²) in [4.78, 5) is 15.0. The first-order chi connectivity index (χ1) is 14.2. The van der Waals surface area contributed by atoms with Crippen LogP contribution in [0.4, 0.5) is 0 Å². The highest BCUT2D eigenvalue weighted by Crippen LogP contribution is 2.39. The highest BCUT2D eigenvalue weighted by Gasteiger charge is 2.31. The summed E-state index contributed by atoms with van der Waals surface area (Å²) >= 11 is 0. The second-order valence-corrected chi connectivity index (χ2v) is 6.98. The largest absolute Gasteiger partial charge is 0.488 e. The van der Waals surface area contributed by atoms with Gasteiger partial charge in [-0.15, -0.1) is 0 Å². The molecular weight excluding hydrogens is 372 g/mol. The van der Waals surface area contributed by atoms with Crippen molar-refractivity contribution in [3.8, 4) is 17.1 Å². The molecule has 0 aliphatic carbocycles. The number of amides is 1. The van der Waals surface area contributed by atoms with Crippen molar-refractivity contribution >= 4 is 5.91 Å². The number of hydrogen-bond donors (Lipinski definition) is 0. The number of aryl methyl sites for hydroxylation is 1. The van der Waals surface area contributed by atoms with Crippen molar-refractivity contribution in [3.05, 3.63) is 59.2 Å². The highest BCUT2D eigenvalue weighted by molar-refractivity contribution is 5.95. The van der Waals surface area contributed by atoms with Crippen LogP contribution in [-0.4, -0.2) is 35.7 Å². The van der Waals surface area contributed by atoms with Gasteiger partial charge in [0.25, 0.3) is 5.91 Å². The number of ether oxygens (including phenoxy) is 2. The van der Waals surface area contributed by atoms with Crippen molar-refractivity contribution < 1.29 is 23.2 Å². The lowest BCUT2D eigenvalue weighted by Gasteiger charge is -2.22. The third kappa shape index (κ3) is 4.05. The zero-order valence-corrected chi connectivity index (χ0v) is 16.6. The van der Waals surface area contributed by atoms with Crippen LogP contribution >= 0.6 is 0 Å². The third-order valence-corrected chi connectivity index (χ3v) is 4.88. The topological polar surface area (TPSA) is 77.9 Å². The molecular formula is C22H24N2O5. The Balaban J connectivity index is 1.59. The SMILES string of the molecule is CCOCCCN(Cc1ccco1)C(=O)c1noc2c1COc1ccc(C)cc1-2. The number of rotatable bonds is 8. The van der Waals surface area contributed by atoms with Crippen LogP contribution in [0.15, 0.2) is 45.5 Å². The second-order valence-electron chi connectivity index (χ2n) is 6.98. The standard InChI is InChI=1S/C22H24N2O5/c1-3-26-10-5-9-24(13-16-6-4-11-27-16)22(25)20-18-14-28-19-8-7-15(2)12-17(19)21(18)29-23-20/h4,6-8,11-12H,3,5,9-10,13-14H2,1-2H3. The molecule has 152 valence electrons. The fraction of sp³-hybridized carbons (Fsp3) is 0.364. The highest BCUT2D eigenvalue weighted by atomic mass is 16.5. The van der Waals surface area contributed by atoms with Gasteiger partial charge in [0.15, 0.2) is 11.5 Å². The zero-order valence-electron chi connectivity index (χ0n) is 16.6. The van der Waals surface area contributed by atoms with Crippen molar-refractivity contribution in [2.24, 2.45) is 0 Å². The van der Waals surface area contributed by atoms with Gasteiger partial charge in [0.2, 0.25) is 0 Å². The first-order valence-corrected chi connectivity index (χ1v) is 9.79. The molecule has 0 spiro atoms. The van der Waals surface area contributed by atoms with Crippen molar-refractivity contribution in [2.75, 3.05) is 19.8 Å². The predicted molar refractivity (Wildman–Crippen MR) is 106 cm³/mol. The normalized spacial score (nSPS) is 12.2. The van der Waals surface area contributed by atoms with Crippen LogP contribution in [0.3, 0.4) is 0 Å². The average molecular weight is 396 g/mol. The number of nitrogens with zero attached hydrogens (tertiary/aromatic N) is 2. The van der Waals surface area contributed by atoms with E-state index in [0.29, 0.717) is 43.4 Å². The molecule has 3 aromatic rings. The predicted octanol–water partition coefficient (Wildman–Crippen LogP) is 4.20. The van der Waals surface area contributed by atoms with Crippen molar-refractivity contribution in [3.63, 3.8) is 0 Å². The molecule has 29 heavy (non-hydrogen) atoms. The molecule has 0 saturated heterocycles. The Kier molecular flexibility index (Phi) is 5.67. The minimum atomic E-state index is -0.206. The molecule has 0 fully saturated rings. The monoisotopic (exact) mass is 396 g/mol. The number of carbonyl (C=O) groups is 1. The summed E-state index contributed by atoms with van der Waals surface area (Å²) in [7, 11) is 0. The second kappa shape index (κ2) is 8.53. The molecule has 0 radical (unpaired) electrons. The van der Waals surface area contributed by atoms with Gasteiger partial charge >= 0.3 is 0 Å². The smallest absolute Gasteiger partial charge is 0.276 e. The Bertz CT molecular complexity index is 977. The van der Waals surface area contributed by atoms with E-state index in [-0.39, 0.29) is 18.2 Å². The molecule has 1 aliphatic rings. The van der Waals surface area contributed by atoms with E-state index >= 15 is 0 Å². The Hall–Kier alpha value is -3.06. The fourth-order valence-corrected chi connectivity index (χ4v) is 3.41. The maximum Gasteiger partial charge on any atom is 0.276 e. The van der Waals surface area contributed by atoms with Gasteiger partial charge in [-0.2, -0.15) is 0 Å². The lowest BCUT2D eigenvalue weighted by Crippen LogP contribution is -2.33. The van der Waals surface area contributed by atoms with Crippen LogP contribution in [0.1, 0.15) is 40.7 Å². The van der Waals surface area contributed by atoms with E-state index in [4.69, 9.17) is 18.4 Å². The van der Waals surface area contributed by atoms with Crippen LogP contribution in [0.25, 0.3) is 11.3 Å². The molecule has 0 saturated carbocycles. The number of benzene rings is 1. The summed E-state index contributed by atoms with van der Waals surface area (Å²) in [5.74, 6) is 1.85. The summed E-state index contributed by atoms with van der Waals surface area (Å²) < 4.78 is 22.3. The molecule has 2 aromatic heterocycles. The maximum atomic E-state index is 13.3. The molecule has 7 heteroatoms. The van der Waals surface area contributed by atoms with E-state index < -0.39 is 0 Å². The van der Waals surface area contributed by atoms with Crippen LogP contribution in [0, 0.1) is 6.92 Å². The molecule has 1 aromatic carbocycles. The summed E-state index contributed by atoms with van der Waals surface area (Å²) in [6, 6.07) is 9.53. The maximum absolute atomic E-state index is 13.3. The van der Waals surface area contributed by atoms with Crippen LogP contribution < -0.4 is 4.74 Å². The van der Waals surface area contributed by atoms with Gasteiger partial charge < -0.3 is 23.3 Å². The minimum Gasteiger partial charge on any atom is -0.488 e. The van der Waals surface area contributed by atoms with Crippen LogP contribution in [0.5, 0.6) is 5.75 Å². The molecule has 1 aliphatic heterocycles. The lowest BCUT2D eigenvalue weighted by molar-refractivity contribution is 0.0687. The average Bonchev–Trinajstić information content (AvgIpc) is 3.39. The van der Waals surface area contributed by atoms with Gasteiger partial charge in [0, 0.05) is 19.8 Å². The van der Waals surface area contributed by atoms with E-state index in [1.807, 2.05) is 44.2 Å². The van der Waals surface area contributed by atoms with Crippen molar-refractivity contribution in [1.82, 2.24) is 10.1 Å². The van der Waals surface area contributed by atoms with Gasteiger partial charge in [0.05, 0.1) is 23.9 Å². The first-order valence-electron chi connectivity index (χ1n) is 9.79. The van der Waals surface area contributed by atoms with Gasteiger partial charge in [-0.05, 0) is 44.5 Å². The van der Waals surface area contributed by atoms with E-state index in [2.05, 4.69) is 5.16 Å². The van der Waals surface area contributed by atoms with Crippen LogP contribution in [-0.2, 0) is 17.9 Å². The van der Waals surface area contributed by atoms with Gasteiger partial charge in [-0.1, -0.05) is 16.8 Å². The minimum absolute atomic E-state index is 0.206. The van der Waals surface area contributed by atoms with E-state index in [1.165, 1.54) is 0 Å². The Morgan fingerprint density at radius 2 is 2.21 bits per heavy atom. The molecule has 0 atom stereocenters. The molecule has 7 nitrogen and oxygen atoms in total. The van der Waals surface area contributed by atoms with Crippen molar-refractivity contribution in [2.45, 2.75) is 33.4 Å². The lowest BCUT2D eigenvalue weighted by atomic mass is 10.0. The number of hydrogen-bond acceptors (Lipinski definition) is 6. The van der Waals surface area contributed by atoms with E-state index in [9.17, 15) is 4.79 Å². The molecule has 0 N–H and O–H groups in total. The molecule has 3 heterocycles. The summed E-state index contributed by atoms with van der Waals surface area (Å²) in [6.45, 7) is 6.33. The summed E-state index contributed by atoms with van der Waals surface area (Å²) in [5, 5.41) is 4.11. The Morgan fingerprint density at radius 3 is 3.00 bits per heavy atom. The van der Waals surface area contributed by atoms with Gasteiger partial charge in [0.1, 0.15) is 18.1 Å². The first kappa shape index (κ1) is 19.3. The van der Waals surface area contributed by atoms with Gasteiger partial charge in [-0.25, -0.2) is 0 Å². The Labute approximate surface area is 169 Å². The van der Waals surface area contributed by atoms with Crippen molar-refractivity contribution in [1.29, 1.82) is 0 Å². The van der Waals surface area contributed by atoms with Gasteiger partial charge in [-0.3, -0.25) is 4.79 Å². The quantitative estimate of drug-likeness (QED) is 0.531. The third-order valence-electron chi connectivity index (χ3n) is 4.88. The summed E-state index contributed by atoms with van der Waals surface area (Å²) in [5.41, 5.74) is 2.88. The van der Waals surface area contributed by atoms with Crippen LogP contribution in [0.2, 0.25) is 0 Å². The van der Waals surface area contributed by atoms with E-state index in [0.717, 1.165) is 23.3 Å². The Morgan fingerprint density at radius 1 is 1.31 bits per heavy atom.